The predicted molar refractivity (Wildman–Crippen MR) is 110 cm³/mol. The second-order valence-electron chi connectivity index (χ2n) is 7.55. The number of imidazole rings is 1. The number of hydrogen-bond acceptors (Lipinski definition) is 6. The Hall–Kier alpha value is -3.23. The molecule has 3 aromatic rings. The molecule has 8 nitrogen and oxygen atoms in total. The highest BCUT2D eigenvalue weighted by Crippen LogP contribution is 2.52. The molecule has 1 aliphatic heterocycles. The number of aryl methyl sites for hydroxylation is 1. The van der Waals surface area contributed by atoms with Crippen molar-refractivity contribution in [1.29, 1.82) is 0 Å². The van der Waals surface area contributed by atoms with Gasteiger partial charge in [-0.2, -0.15) is 0 Å². The zero-order chi connectivity index (χ0) is 20.9. The van der Waals surface area contributed by atoms with Crippen LogP contribution in [0, 0.1) is 6.92 Å². The molecule has 1 saturated carbocycles. The molecule has 2 N–H and O–H groups in total. The number of hydroxylamine groups is 1. The average molecular weight is 423 g/mol. The van der Waals surface area contributed by atoms with Crippen molar-refractivity contribution < 1.29 is 10.0 Å². The number of carbonyl (C=O) groups excluding carboxylic acids is 1. The van der Waals surface area contributed by atoms with E-state index in [9.17, 15) is 4.79 Å². The standard InChI is InChI=1S/C21H19ClN6O2/c1-13-18(28-12-27(22)11-7-17(28)24-13)16-6-10-23-20(25-16)21(8-9-21)15-4-2-14(3-5-15)19(29)26-30/h2-7,10-11,30H,8-9,12H2,1H3,(H,26,29). The van der Waals surface area contributed by atoms with Crippen LogP contribution < -0.4 is 5.48 Å². The maximum absolute atomic E-state index is 11.6. The van der Waals surface area contributed by atoms with Gasteiger partial charge in [0.25, 0.3) is 5.91 Å². The number of nitrogens with zero attached hydrogens (tertiary/aromatic N) is 5. The van der Waals surface area contributed by atoms with Gasteiger partial charge in [-0.15, -0.1) is 0 Å². The van der Waals surface area contributed by atoms with Gasteiger partial charge in [0.15, 0.2) is 0 Å². The highest BCUT2D eigenvalue weighted by Gasteiger charge is 2.48. The largest absolute Gasteiger partial charge is 0.303 e. The fourth-order valence-electron chi connectivity index (χ4n) is 4.01. The number of fused-ring (bicyclic) bond motifs is 1. The summed E-state index contributed by atoms with van der Waals surface area (Å²) in [5.41, 5.74) is 5.45. The Morgan fingerprint density at radius 3 is 2.67 bits per heavy atom. The van der Waals surface area contributed by atoms with E-state index in [1.165, 1.54) is 0 Å². The summed E-state index contributed by atoms with van der Waals surface area (Å²) in [7, 11) is 0. The summed E-state index contributed by atoms with van der Waals surface area (Å²) in [5.74, 6) is 1.06. The molecule has 5 rings (SSSR count). The normalized spacial score (nSPS) is 16.3. The molecular weight excluding hydrogens is 404 g/mol. The van der Waals surface area contributed by atoms with Crippen LogP contribution in [0.2, 0.25) is 0 Å². The summed E-state index contributed by atoms with van der Waals surface area (Å²) in [6.07, 6.45) is 7.31. The van der Waals surface area contributed by atoms with Gasteiger partial charge in [0, 0.05) is 29.7 Å². The van der Waals surface area contributed by atoms with Crippen LogP contribution in [0.5, 0.6) is 0 Å². The molecule has 0 radical (unpaired) electrons. The van der Waals surface area contributed by atoms with Crippen molar-refractivity contribution in [2.45, 2.75) is 31.8 Å². The fourth-order valence-corrected chi connectivity index (χ4v) is 4.17. The monoisotopic (exact) mass is 422 g/mol. The van der Waals surface area contributed by atoms with E-state index in [-0.39, 0.29) is 5.41 Å². The number of amides is 1. The number of halogens is 1. The van der Waals surface area contributed by atoms with Crippen molar-refractivity contribution in [2.75, 3.05) is 0 Å². The molecule has 152 valence electrons. The number of carbonyl (C=O) groups is 1. The van der Waals surface area contributed by atoms with Gasteiger partial charge in [-0.3, -0.25) is 14.4 Å². The van der Waals surface area contributed by atoms with Gasteiger partial charge < -0.3 is 4.57 Å². The zero-order valence-electron chi connectivity index (χ0n) is 16.2. The molecule has 0 saturated heterocycles. The van der Waals surface area contributed by atoms with Crippen LogP contribution in [0.15, 0.2) is 42.7 Å². The topological polar surface area (TPSA) is 96.2 Å². The summed E-state index contributed by atoms with van der Waals surface area (Å²) < 4.78 is 3.61. The minimum atomic E-state index is -0.534. The van der Waals surface area contributed by atoms with Crippen LogP contribution in [0.25, 0.3) is 17.5 Å². The number of benzene rings is 1. The Morgan fingerprint density at radius 1 is 1.20 bits per heavy atom. The van der Waals surface area contributed by atoms with Crippen molar-refractivity contribution in [2.24, 2.45) is 0 Å². The predicted octanol–water partition coefficient (Wildman–Crippen LogP) is 3.25. The first-order valence-corrected chi connectivity index (χ1v) is 9.92. The average Bonchev–Trinajstić information content (AvgIpc) is 3.51. The van der Waals surface area contributed by atoms with Gasteiger partial charge in [-0.25, -0.2) is 20.4 Å². The number of aromatic nitrogens is 4. The number of hydrogen-bond donors (Lipinski definition) is 2. The zero-order valence-corrected chi connectivity index (χ0v) is 17.0. The molecule has 2 aliphatic rings. The summed E-state index contributed by atoms with van der Waals surface area (Å²) >= 11 is 6.17. The molecule has 1 aliphatic carbocycles. The van der Waals surface area contributed by atoms with Crippen LogP contribution in [-0.4, -0.2) is 35.1 Å². The van der Waals surface area contributed by atoms with Gasteiger partial charge in [-0.05, 0) is 49.6 Å². The Bertz CT molecular complexity index is 1170. The van der Waals surface area contributed by atoms with Crippen LogP contribution >= 0.6 is 11.8 Å². The summed E-state index contributed by atoms with van der Waals surface area (Å²) in [6, 6.07) is 9.08. The summed E-state index contributed by atoms with van der Waals surface area (Å²) in [6.45, 7) is 2.45. The Balaban J connectivity index is 1.53. The van der Waals surface area contributed by atoms with E-state index in [1.54, 1.807) is 34.4 Å². The lowest BCUT2D eigenvalue weighted by Gasteiger charge is -2.20. The first-order chi connectivity index (χ1) is 14.5. The molecule has 0 atom stereocenters. The quantitative estimate of drug-likeness (QED) is 0.380. The Morgan fingerprint density at radius 2 is 1.97 bits per heavy atom. The second kappa shape index (κ2) is 6.93. The smallest absolute Gasteiger partial charge is 0.274 e. The molecule has 3 heterocycles. The van der Waals surface area contributed by atoms with Gasteiger partial charge in [0.05, 0.1) is 22.5 Å². The molecule has 0 spiro atoms. The lowest BCUT2D eigenvalue weighted by atomic mass is 9.93. The van der Waals surface area contributed by atoms with Crippen LogP contribution in [0.3, 0.4) is 0 Å². The third kappa shape index (κ3) is 2.96. The maximum atomic E-state index is 11.6. The molecule has 30 heavy (non-hydrogen) atoms. The van der Waals surface area contributed by atoms with Crippen molar-refractivity contribution in [3.05, 3.63) is 71.2 Å². The van der Waals surface area contributed by atoms with Crippen LogP contribution in [-0.2, 0) is 12.1 Å². The van der Waals surface area contributed by atoms with Gasteiger partial charge in [-0.1, -0.05) is 12.1 Å². The molecule has 1 aromatic carbocycles. The van der Waals surface area contributed by atoms with Crippen LogP contribution in [0.1, 0.15) is 46.1 Å². The summed E-state index contributed by atoms with van der Waals surface area (Å²) in [5, 5.41) is 8.81. The molecule has 1 amide bonds. The SMILES string of the molecule is Cc1nc2n(c1-c1ccnc(C3(c4ccc(C(=O)NO)cc4)CC3)n1)CN(Cl)C=C2. The Kier molecular flexibility index (Phi) is 4.34. The molecule has 2 aromatic heterocycles. The van der Waals surface area contributed by atoms with Crippen molar-refractivity contribution >= 4 is 23.8 Å². The molecule has 9 heteroatoms. The molecule has 1 fully saturated rings. The van der Waals surface area contributed by atoms with Crippen molar-refractivity contribution in [1.82, 2.24) is 29.4 Å². The highest BCUT2D eigenvalue weighted by atomic mass is 35.5. The van der Waals surface area contributed by atoms with E-state index in [4.69, 9.17) is 22.0 Å². The van der Waals surface area contributed by atoms with Crippen molar-refractivity contribution in [3.8, 4) is 11.4 Å². The van der Waals surface area contributed by atoms with E-state index in [1.807, 2.05) is 35.8 Å². The first kappa shape index (κ1) is 18.8. The highest BCUT2D eigenvalue weighted by molar-refractivity contribution is 6.14. The maximum Gasteiger partial charge on any atom is 0.274 e. The van der Waals surface area contributed by atoms with Gasteiger partial charge in [0.2, 0.25) is 0 Å². The molecule has 0 bridgehead atoms. The molecular formula is C21H19ClN6O2. The third-order valence-electron chi connectivity index (χ3n) is 5.71. The lowest BCUT2D eigenvalue weighted by Crippen LogP contribution is -2.19. The second-order valence-corrected chi connectivity index (χ2v) is 7.99. The molecule has 0 unspecified atom stereocenters. The third-order valence-corrected chi connectivity index (χ3v) is 5.93. The summed E-state index contributed by atoms with van der Waals surface area (Å²) in [4.78, 5) is 25.7. The van der Waals surface area contributed by atoms with E-state index >= 15 is 0 Å². The van der Waals surface area contributed by atoms with Crippen molar-refractivity contribution in [3.63, 3.8) is 0 Å². The fraction of sp³-hybridized carbons (Fsp3) is 0.238. The Labute approximate surface area is 177 Å². The number of rotatable bonds is 4. The minimum Gasteiger partial charge on any atom is -0.303 e. The van der Waals surface area contributed by atoms with Gasteiger partial charge >= 0.3 is 0 Å². The van der Waals surface area contributed by atoms with E-state index in [0.717, 1.165) is 47.1 Å². The minimum absolute atomic E-state index is 0.263. The van der Waals surface area contributed by atoms with Gasteiger partial charge in [0.1, 0.15) is 18.3 Å². The first-order valence-electron chi connectivity index (χ1n) is 9.58. The van der Waals surface area contributed by atoms with Crippen LogP contribution in [0.4, 0.5) is 0 Å². The van der Waals surface area contributed by atoms with E-state index < -0.39 is 5.91 Å². The van der Waals surface area contributed by atoms with E-state index in [0.29, 0.717) is 12.2 Å². The number of nitrogens with one attached hydrogen (secondary N) is 1. The lowest BCUT2D eigenvalue weighted by molar-refractivity contribution is 0.0706. The van der Waals surface area contributed by atoms with E-state index in [2.05, 4.69) is 9.97 Å².